The van der Waals surface area contributed by atoms with Crippen LogP contribution < -0.4 is 20.7 Å². The van der Waals surface area contributed by atoms with E-state index in [4.69, 9.17) is 14.2 Å². The number of nitrogens with one attached hydrogen (secondary N) is 1. The highest BCUT2D eigenvalue weighted by Gasteiger charge is 2.40. The molecule has 2 aromatic carbocycles. The fourth-order valence-electron chi connectivity index (χ4n) is 3.60. The maximum absolute atomic E-state index is 12.6. The highest BCUT2D eigenvalue weighted by molar-refractivity contribution is 5.98. The average molecular weight is 410 g/mol. The molecule has 2 N–H and O–H groups in total. The van der Waals surface area contributed by atoms with Crippen LogP contribution in [-0.2, 0) is 4.74 Å². The molecule has 0 aliphatic carbocycles. The van der Waals surface area contributed by atoms with E-state index in [1.165, 1.54) is 14.2 Å². The number of carbonyl (C=O) groups excluding carboxylic acids is 1. The molecule has 154 valence electrons. The molecule has 0 fully saturated rings. The van der Waals surface area contributed by atoms with Crippen LogP contribution in [0.2, 0.25) is 0 Å². The zero-order valence-corrected chi connectivity index (χ0v) is 16.4. The first-order valence-electron chi connectivity index (χ1n) is 8.98. The molecular weight excluding hydrogens is 392 g/mol. The van der Waals surface area contributed by atoms with Gasteiger partial charge in [0.2, 0.25) is 5.88 Å². The van der Waals surface area contributed by atoms with Gasteiger partial charge in [-0.2, -0.15) is 0 Å². The number of hydrogen-bond donors (Lipinski definition) is 2. The van der Waals surface area contributed by atoms with Crippen molar-refractivity contribution in [1.82, 2.24) is 9.55 Å². The predicted molar refractivity (Wildman–Crippen MR) is 106 cm³/mol. The van der Waals surface area contributed by atoms with Gasteiger partial charge >= 0.3 is 11.7 Å². The number of esters is 1. The van der Waals surface area contributed by atoms with Crippen LogP contribution in [0.3, 0.4) is 0 Å². The van der Waals surface area contributed by atoms with Gasteiger partial charge in [0.25, 0.3) is 5.56 Å². The quantitative estimate of drug-likeness (QED) is 0.630. The van der Waals surface area contributed by atoms with Crippen LogP contribution in [0, 0.1) is 6.92 Å². The number of fused-ring (bicyclic) bond motifs is 1. The predicted octanol–water partition coefficient (Wildman–Crippen LogP) is 1.82. The van der Waals surface area contributed by atoms with Gasteiger partial charge in [-0.15, -0.1) is 0 Å². The molecule has 0 amide bonds. The minimum Gasteiger partial charge on any atom is -0.494 e. The molecule has 1 aliphatic heterocycles. The SMILES string of the molecule is COc1ccc2c(c1OC)C(=O)OC2c1c(O)n(-c2cccc(C)c2)c(=O)[nH]c1=O. The number of carbonyl (C=O) groups is 1. The highest BCUT2D eigenvalue weighted by atomic mass is 16.6. The van der Waals surface area contributed by atoms with E-state index in [2.05, 4.69) is 4.98 Å². The molecule has 0 saturated carbocycles. The van der Waals surface area contributed by atoms with Crippen molar-refractivity contribution in [2.45, 2.75) is 13.0 Å². The molecule has 4 rings (SSSR count). The van der Waals surface area contributed by atoms with Crippen LogP contribution in [0.15, 0.2) is 46.0 Å². The summed E-state index contributed by atoms with van der Waals surface area (Å²) >= 11 is 0. The summed E-state index contributed by atoms with van der Waals surface area (Å²) in [6.07, 6.45) is -1.23. The zero-order chi connectivity index (χ0) is 21.6. The molecular formula is C21H18N2O7. The van der Waals surface area contributed by atoms with Gasteiger partial charge in [0, 0.05) is 5.56 Å². The van der Waals surface area contributed by atoms with Gasteiger partial charge in [0.1, 0.15) is 11.1 Å². The second-order valence-electron chi connectivity index (χ2n) is 6.72. The van der Waals surface area contributed by atoms with Crippen LogP contribution in [0.1, 0.15) is 33.2 Å². The van der Waals surface area contributed by atoms with Gasteiger partial charge in [-0.25, -0.2) is 14.2 Å². The molecule has 1 aliphatic rings. The van der Waals surface area contributed by atoms with Gasteiger partial charge in [0.05, 0.1) is 19.9 Å². The maximum Gasteiger partial charge on any atom is 0.343 e. The maximum atomic E-state index is 12.6. The number of aryl methyl sites for hydroxylation is 1. The van der Waals surface area contributed by atoms with E-state index in [9.17, 15) is 19.5 Å². The van der Waals surface area contributed by atoms with E-state index in [1.54, 1.807) is 30.3 Å². The number of methoxy groups -OCH3 is 2. The average Bonchev–Trinajstić information content (AvgIpc) is 3.03. The Hall–Kier alpha value is -4.01. The number of aromatic nitrogens is 2. The summed E-state index contributed by atoms with van der Waals surface area (Å²) in [5, 5.41) is 10.9. The molecule has 0 spiro atoms. The van der Waals surface area contributed by atoms with E-state index >= 15 is 0 Å². The lowest BCUT2D eigenvalue weighted by atomic mass is 9.99. The van der Waals surface area contributed by atoms with Gasteiger partial charge in [0.15, 0.2) is 17.6 Å². The second kappa shape index (κ2) is 7.11. The molecule has 0 saturated heterocycles. The standard InChI is InChI=1S/C21H18N2O7/c1-10-5-4-6-11(9-10)23-19(25)15(18(24)22-21(23)27)16-12-7-8-13(28-2)17(29-3)14(12)20(26)30-16/h4-9,16,25H,1-3H3,(H,22,24,27). The van der Waals surface area contributed by atoms with Gasteiger partial charge in [-0.3, -0.25) is 9.78 Å². The molecule has 1 aromatic heterocycles. The number of H-pyrrole nitrogens is 1. The molecule has 0 bridgehead atoms. The molecule has 9 heteroatoms. The molecule has 0 radical (unpaired) electrons. The Morgan fingerprint density at radius 1 is 1.10 bits per heavy atom. The van der Waals surface area contributed by atoms with Crippen molar-refractivity contribution in [1.29, 1.82) is 0 Å². The first kappa shape index (κ1) is 19.3. The van der Waals surface area contributed by atoms with E-state index < -0.39 is 29.2 Å². The Bertz CT molecular complexity index is 1290. The minimum absolute atomic E-state index is 0.0916. The Morgan fingerprint density at radius 3 is 2.53 bits per heavy atom. The Labute approximate surface area is 170 Å². The summed E-state index contributed by atoms with van der Waals surface area (Å²) in [6.45, 7) is 1.83. The third kappa shape index (κ3) is 2.83. The number of rotatable bonds is 4. The number of nitrogens with zero attached hydrogens (tertiary/aromatic N) is 1. The minimum atomic E-state index is -1.23. The van der Waals surface area contributed by atoms with Crippen molar-refractivity contribution in [2.75, 3.05) is 14.2 Å². The van der Waals surface area contributed by atoms with Crippen molar-refractivity contribution >= 4 is 5.97 Å². The third-order valence-electron chi connectivity index (χ3n) is 4.93. The van der Waals surface area contributed by atoms with E-state index in [0.29, 0.717) is 17.0 Å². The van der Waals surface area contributed by atoms with Gasteiger partial charge in [-0.05, 0) is 30.7 Å². The Morgan fingerprint density at radius 2 is 1.87 bits per heavy atom. The van der Waals surface area contributed by atoms with Crippen LogP contribution in [-0.4, -0.2) is 34.8 Å². The largest absolute Gasteiger partial charge is 0.494 e. The molecule has 30 heavy (non-hydrogen) atoms. The number of hydrogen-bond acceptors (Lipinski definition) is 7. The monoisotopic (exact) mass is 410 g/mol. The Kier molecular flexibility index (Phi) is 4.57. The lowest BCUT2D eigenvalue weighted by Gasteiger charge is -2.16. The first-order valence-corrected chi connectivity index (χ1v) is 8.98. The molecule has 3 aromatic rings. The summed E-state index contributed by atoms with van der Waals surface area (Å²) in [5.74, 6) is -0.880. The van der Waals surface area contributed by atoms with Crippen LogP contribution >= 0.6 is 0 Å². The van der Waals surface area contributed by atoms with Crippen molar-refractivity contribution in [3.63, 3.8) is 0 Å². The summed E-state index contributed by atoms with van der Waals surface area (Å²) in [6, 6.07) is 9.93. The number of aromatic hydroxyl groups is 1. The lowest BCUT2D eigenvalue weighted by Crippen LogP contribution is -2.32. The summed E-state index contributed by atoms with van der Waals surface area (Å²) < 4.78 is 16.9. The fourth-order valence-corrected chi connectivity index (χ4v) is 3.60. The normalized spacial score (nSPS) is 14.9. The second-order valence-corrected chi connectivity index (χ2v) is 6.72. The van der Waals surface area contributed by atoms with Gasteiger partial charge < -0.3 is 19.3 Å². The summed E-state index contributed by atoms with van der Waals surface area (Å²) in [5.41, 5.74) is -0.337. The first-order chi connectivity index (χ1) is 14.4. The Balaban J connectivity index is 1.96. The smallest absolute Gasteiger partial charge is 0.343 e. The molecule has 1 atom stereocenters. The summed E-state index contributed by atoms with van der Waals surface area (Å²) in [7, 11) is 2.80. The van der Waals surface area contributed by atoms with Crippen molar-refractivity contribution < 1.29 is 24.1 Å². The van der Waals surface area contributed by atoms with Crippen molar-refractivity contribution in [2.24, 2.45) is 0 Å². The highest BCUT2D eigenvalue weighted by Crippen LogP contribution is 2.45. The molecule has 2 heterocycles. The van der Waals surface area contributed by atoms with E-state index in [1.807, 2.05) is 13.0 Å². The van der Waals surface area contributed by atoms with Crippen molar-refractivity contribution in [3.05, 3.63) is 79.5 Å². The van der Waals surface area contributed by atoms with Crippen LogP contribution in [0.5, 0.6) is 17.4 Å². The number of aromatic amines is 1. The van der Waals surface area contributed by atoms with Crippen LogP contribution in [0.4, 0.5) is 0 Å². The number of benzene rings is 2. The lowest BCUT2D eigenvalue weighted by molar-refractivity contribution is 0.0447. The third-order valence-corrected chi connectivity index (χ3v) is 4.93. The number of ether oxygens (including phenoxy) is 3. The van der Waals surface area contributed by atoms with E-state index in [-0.39, 0.29) is 16.9 Å². The molecule has 9 nitrogen and oxygen atoms in total. The van der Waals surface area contributed by atoms with Crippen LogP contribution in [0.25, 0.3) is 5.69 Å². The zero-order valence-electron chi connectivity index (χ0n) is 16.4. The number of cyclic esters (lactones) is 1. The van der Waals surface area contributed by atoms with E-state index in [0.717, 1.165) is 10.1 Å². The fraction of sp³-hybridized carbons (Fsp3) is 0.190. The molecule has 1 unspecified atom stereocenters. The van der Waals surface area contributed by atoms with Gasteiger partial charge in [-0.1, -0.05) is 18.2 Å². The topological polar surface area (TPSA) is 120 Å². The van der Waals surface area contributed by atoms with Crippen molar-refractivity contribution in [3.8, 4) is 23.1 Å². The summed E-state index contributed by atoms with van der Waals surface area (Å²) in [4.78, 5) is 39.8.